The maximum absolute atomic E-state index is 5.43. The number of ether oxygens (including phenoxy) is 2. The summed E-state index contributed by atoms with van der Waals surface area (Å²) in [5.41, 5.74) is 2.09. The molecule has 0 aliphatic carbocycles. The predicted molar refractivity (Wildman–Crippen MR) is 75.9 cm³/mol. The second kappa shape index (κ2) is 7.95. The van der Waals surface area contributed by atoms with E-state index in [0.29, 0.717) is 13.2 Å². The second-order valence-corrected chi connectivity index (χ2v) is 4.06. The monoisotopic (exact) mass is 252 g/mol. The van der Waals surface area contributed by atoms with Gasteiger partial charge in [-0.1, -0.05) is 0 Å². The minimum atomic E-state index is 0.0242. The van der Waals surface area contributed by atoms with E-state index in [1.807, 2.05) is 52.0 Å². The van der Waals surface area contributed by atoms with Gasteiger partial charge < -0.3 is 20.1 Å². The molecular weight excluding hydrogens is 228 g/mol. The van der Waals surface area contributed by atoms with E-state index in [2.05, 4.69) is 10.6 Å². The van der Waals surface area contributed by atoms with Gasteiger partial charge in [0, 0.05) is 24.6 Å². The van der Waals surface area contributed by atoms with Crippen LogP contribution in [-0.2, 0) is 9.47 Å². The topological polar surface area (TPSA) is 42.5 Å². The SMILES string of the molecule is CCOC(C)Nc1ccc(NC(C)OCC)cc1. The molecule has 1 aromatic rings. The quantitative estimate of drug-likeness (QED) is 0.697. The summed E-state index contributed by atoms with van der Waals surface area (Å²) < 4.78 is 10.9. The fourth-order valence-corrected chi connectivity index (χ4v) is 1.72. The van der Waals surface area contributed by atoms with Gasteiger partial charge in [0.25, 0.3) is 0 Å². The van der Waals surface area contributed by atoms with Crippen molar-refractivity contribution in [1.82, 2.24) is 0 Å². The predicted octanol–water partition coefficient (Wildman–Crippen LogP) is 3.28. The van der Waals surface area contributed by atoms with E-state index < -0.39 is 0 Å². The average molecular weight is 252 g/mol. The number of benzene rings is 1. The van der Waals surface area contributed by atoms with E-state index in [-0.39, 0.29) is 12.5 Å². The molecule has 0 aromatic heterocycles. The third-order valence-electron chi connectivity index (χ3n) is 2.46. The van der Waals surface area contributed by atoms with Gasteiger partial charge in [-0.25, -0.2) is 0 Å². The highest BCUT2D eigenvalue weighted by atomic mass is 16.5. The molecule has 0 saturated heterocycles. The van der Waals surface area contributed by atoms with Crippen LogP contribution in [0, 0.1) is 0 Å². The molecule has 0 saturated carbocycles. The Morgan fingerprint density at radius 2 is 1.17 bits per heavy atom. The van der Waals surface area contributed by atoms with Crippen LogP contribution in [0.1, 0.15) is 27.7 Å². The van der Waals surface area contributed by atoms with Gasteiger partial charge in [0.05, 0.1) is 0 Å². The van der Waals surface area contributed by atoms with Crippen molar-refractivity contribution < 1.29 is 9.47 Å². The van der Waals surface area contributed by atoms with Crippen LogP contribution in [0.2, 0.25) is 0 Å². The molecule has 0 bridgehead atoms. The molecule has 102 valence electrons. The highest BCUT2D eigenvalue weighted by molar-refractivity contribution is 5.53. The zero-order valence-electron chi connectivity index (χ0n) is 11.7. The Morgan fingerprint density at radius 1 is 0.833 bits per heavy atom. The number of anilines is 2. The maximum Gasteiger partial charge on any atom is 0.124 e. The van der Waals surface area contributed by atoms with Crippen LogP contribution in [0.3, 0.4) is 0 Å². The molecule has 4 nitrogen and oxygen atoms in total. The van der Waals surface area contributed by atoms with Crippen LogP contribution in [0.15, 0.2) is 24.3 Å². The van der Waals surface area contributed by atoms with Crippen molar-refractivity contribution >= 4 is 11.4 Å². The molecule has 4 heteroatoms. The molecule has 2 atom stereocenters. The van der Waals surface area contributed by atoms with E-state index in [1.54, 1.807) is 0 Å². The van der Waals surface area contributed by atoms with Crippen molar-refractivity contribution in [3.05, 3.63) is 24.3 Å². The molecule has 0 amide bonds. The van der Waals surface area contributed by atoms with Crippen LogP contribution in [0.4, 0.5) is 11.4 Å². The Balaban J connectivity index is 2.46. The molecule has 18 heavy (non-hydrogen) atoms. The summed E-state index contributed by atoms with van der Waals surface area (Å²) in [5, 5.41) is 6.53. The van der Waals surface area contributed by atoms with Crippen molar-refractivity contribution in [2.45, 2.75) is 40.2 Å². The minimum absolute atomic E-state index is 0.0242. The van der Waals surface area contributed by atoms with Crippen molar-refractivity contribution in [2.75, 3.05) is 23.8 Å². The Bertz CT molecular complexity index is 294. The molecular formula is C14H24N2O2. The third-order valence-corrected chi connectivity index (χ3v) is 2.46. The molecule has 0 radical (unpaired) electrons. The normalized spacial score (nSPS) is 14.0. The first-order valence-electron chi connectivity index (χ1n) is 6.52. The first kappa shape index (κ1) is 14.8. The fourth-order valence-electron chi connectivity index (χ4n) is 1.72. The molecule has 0 aliphatic heterocycles. The van der Waals surface area contributed by atoms with Gasteiger partial charge in [-0.2, -0.15) is 0 Å². The summed E-state index contributed by atoms with van der Waals surface area (Å²) in [4.78, 5) is 0. The van der Waals surface area contributed by atoms with Crippen LogP contribution >= 0.6 is 0 Å². The lowest BCUT2D eigenvalue weighted by Gasteiger charge is -2.17. The largest absolute Gasteiger partial charge is 0.360 e. The summed E-state index contributed by atoms with van der Waals surface area (Å²) >= 11 is 0. The lowest BCUT2D eigenvalue weighted by Crippen LogP contribution is -2.20. The zero-order chi connectivity index (χ0) is 13.4. The second-order valence-electron chi connectivity index (χ2n) is 4.06. The van der Waals surface area contributed by atoms with Gasteiger partial charge in [-0.15, -0.1) is 0 Å². The highest BCUT2D eigenvalue weighted by Crippen LogP contribution is 2.15. The van der Waals surface area contributed by atoms with Gasteiger partial charge in [0.1, 0.15) is 12.5 Å². The molecule has 0 aliphatic rings. The van der Waals surface area contributed by atoms with Crippen molar-refractivity contribution in [3.8, 4) is 0 Å². The molecule has 0 fully saturated rings. The molecule has 1 aromatic carbocycles. The summed E-state index contributed by atoms with van der Waals surface area (Å²) in [6.07, 6.45) is 0.0484. The minimum Gasteiger partial charge on any atom is -0.360 e. The van der Waals surface area contributed by atoms with Crippen LogP contribution in [0.5, 0.6) is 0 Å². The van der Waals surface area contributed by atoms with Crippen LogP contribution in [-0.4, -0.2) is 25.7 Å². The third kappa shape index (κ3) is 5.38. The molecule has 0 heterocycles. The Labute approximate surface area is 110 Å². The summed E-state index contributed by atoms with van der Waals surface area (Å²) in [5.74, 6) is 0. The molecule has 1 rings (SSSR count). The van der Waals surface area contributed by atoms with E-state index in [1.165, 1.54) is 0 Å². The van der Waals surface area contributed by atoms with Crippen LogP contribution < -0.4 is 10.6 Å². The first-order chi connectivity index (χ1) is 8.65. The average Bonchev–Trinajstić information content (AvgIpc) is 2.32. The number of nitrogens with one attached hydrogen (secondary N) is 2. The van der Waals surface area contributed by atoms with Crippen molar-refractivity contribution in [2.24, 2.45) is 0 Å². The van der Waals surface area contributed by atoms with Gasteiger partial charge in [0.15, 0.2) is 0 Å². The Morgan fingerprint density at radius 3 is 1.44 bits per heavy atom. The standard InChI is InChI=1S/C14H24N2O2/c1-5-17-11(3)15-13-7-9-14(10-8-13)16-12(4)18-6-2/h7-12,15-16H,5-6H2,1-4H3. The molecule has 2 N–H and O–H groups in total. The lowest BCUT2D eigenvalue weighted by atomic mass is 10.2. The van der Waals surface area contributed by atoms with Gasteiger partial charge in [0.2, 0.25) is 0 Å². The highest BCUT2D eigenvalue weighted by Gasteiger charge is 2.02. The zero-order valence-corrected chi connectivity index (χ0v) is 11.7. The smallest absolute Gasteiger partial charge is 0.124 e. The first-order valence-corrected chi connectivity index (χ1v) is 6.52. The van der Waals surface area contributed by atoms with Crippen molar-refractivity contribution in [1.29, 1.82) is 0 Å². The Hall–Kier alpha value is -1.26. The summed E-state index contributed by atoms with van der Waals surface area (Å²) in [6, 6.07) is 8.10. The number of rotatable bonds is 8. The van der Waals surface area contributed by atoms with Gasteiger partial charge >= 0.3 is 0 Å². The molecule has 0 spiro atoms. The number of hydrogen-bond donors (Lipinski definition) is 2. The number of hydrogen-bond acceptors (Lipinski definition) is 4. The fraction of sp³-hybridized carbons (Fsp3) is 0.571. The maximum atomic E-state index is 5.43. The van der Waals surface area contributed by atoms with Crippen LogP contribution in [0.25, 0.3) is 0 Å². The van der Waals surface area contributed by atoms with Gasteiger partial charge in [-0.05, 0) is 52.0 Å². The van der Waals surface area contributed by atoms with Crippen molar-refractivity contribution in [3.63, 3.8) is 0 Å². The summed E-state index contributed by atoms with van der Waals surface area (Å²) in [6.45, 7) is 9.37. The van der Waals surface area contributed by atoms with Gasteiger partial charge in [-0.3, -0.25) is 0 Å². The van der Waals surface area contributed by atoms with E-state index in [9.17, 15) is 0 Å². The molecule has 2 unspecified atom stereocenters. The van der Waals surface area contributed by atoms with E-state index >= 15 is 0 Å². The Kier molecular flexibility index (Phi) is 6.54. The summed E-state index contributed by atoms with van der Waals surface area (Å²) in [7, 11) is 0. The van der Waals surface area contributed by atoms with E-state index in [0.717, 1.165) is 11.4 Å². The lowest BCUT2D eigenvalue weighted by molar-refractivity contribution is 0.0957. The van der Waals surface area contributed by atoms with E-state index in [4.69, 9.17) is 9.47 Å².